The van der Waals surface area contributed by atoms with E-state index in [4.69, 9.17) is 10.5 Å². The number of aryl methyl sites for hydroxylation is 1. The standard InChI is InChI=1S/C15H19N3O3/c1-17-8-9-18(15(20)14(17)19)10-11-21-13-4-2-12(3-5-13)6-7-16/h2-5,8-9H,6-7,10-11,16H2,1H3. The number of ether oxygens (including phenoxy) is 1. The molecule has 6 nitrogen and oxygen atoms in total. The number of rotatable bonds is 6. The van der Waals surface area contributed by atoms with E-state index >= 15 is 0 Å². The largest absolute Gasteiger partial charge is 0.492 e. The maximum atomic E-state index is 11.7. The fourth-order valence-electron chi connectivity index (χ4n) is 1.95. The Morgan fingerprint density at radius 3 is 2.48 bits per heavy atom. The maximum absolute atomic E-state index is 11.7. The van der Waals surface area contributed by atoms with Crippen molar-refractivity contribution >= 4 is 0 Å². The first kappa shape index (κ1) is 15.1. The normalized spacial score (nSPS) is 10.6. The van der Waals surface area contributed by atoms with E-state index in [1.165, 1.54) is 9.13 Å². The van der Waals surface area contributed by atoms with Crippen LogP contribution in [0.2, 0.25) is 0 Å². The second-order valence-corrected chi connectivity index (χ2v) is 4.74. The molecule has 0 saturated carbocycles. The van der Waals surface area contributed by atoms with E-state index in [1.54, 1.807) is 19.4 Å². The Bertz CT molecular complexity index is 701. The van der Waals surface area contributed by atoms with Crippen LogP contribution in [0.5, 0.6) is 5.75 Å². The summed E-state index contributed by atoms with van der Waals surface area (Å²) in [7, 11) is 1.55. The van der Waals surface area contributed by atoms with Crippen molar-refractivity contribution in [3.05, 3.63) is 62.9 Å². The highest BCUT2D eigenvalue weighted by Gasteiger charge is 2.02. The van der Waals surface area contributed by atoms with Gasteiger partial charge in [-0.2, -0.15) is 0 Å². The summed E-state index contributed by atoms with van der Waals surface area (Å²) in [6, 6.07) is 7.68. The van der Waals surface area contributed by atoms with Crippen LogP contribution in [-0.4, -0.2) is 22.3 Å². The minimum absolute atomic E-state index is 0.323. The van der Waals surface area contributed by atoms with Gasteiger partial charge in [0.1, 0.15) is 12.4 Å². The molecule has 0 bridgehead atoms. The van der Waals surface area contributed by atoms with Crippen LogP contribution in [0.1, 0.15) is 5.56 Å². The van der Waals surface area contributed by atoms with Gasteiger partial charge in [0, 0.05) is 19.4 Å². The second kappa shape index (κ2) is 6.90. The van der Waals surface area contributed by atoms with Gasteiger partial charge in [-0.25, -0.2) is 0 Å². The first-order valence-corrected chi connectivity index (χ1v) is 6.79. The fraction of sp³-hybridized carbons (Fsp3) is 0.333. The van der Waals surface area contributed by atoms with E-state index in [2.05, 4.69) is 0 Å². The summed E-state index contributed by atoms with van der Waals surface area (Å²) < 4.78 is 8.18. The van der Waals surface area contributed by atoms with Crippen LogP contribution < -0.4 is 21.6 Å². The highest BCUT2D eigenvalue weighted by atomic mass is 16.5. The molecule has 0 aliphatic carbocycles. The SMILES string of the molecule is Cn1ccn(CCOc2ccc(CCN)cc2)c(=O)c1=O. The molecule has 0 saturated heterocycles. The zero-order chi connectivity index (χ0) is 15.2. The molecule has 0 atom stereocenters. The van der Waals surface area contributed by atoms with Crippen molar-refractivity contribution in [1.82, 2.24) is 9.13 Å². The van der Waals surface area contributed by atoms with E-state index in [-0.39, 0.29) is 0 Å². The van der Waals surface area contributed by atoms with Crippen LogP contribution in [0.25, 0.3) is 0 Å². The maximum Gasteiger partial charge on any atom is 0.316 e. The third-order valence-electron chi connectivity index (χ3n) is 3.19. The molecule has 2 rings (SSSR count). The number of aromatic nitrogens is 2. The van der Waals surface area contributed by atoms with Gasteiger partial charge in [-0.15, -0.1) is 0 Å². The topological polar surface area (TPSA) is 79.2 Å². The van der Waals surface area contributed by atoms with Crippen LogP contribution in [0.3, 0.4) is 0 Å². The third-order valence-corrected chi connectivity index (χ3v) is 3.19. The molecular weight excluding hydrogens is 270 g/mol. The number of hydrogen-bond donors (Lipinski definition) is 1. The first-order valence-electron chi connectivity index (χ1n) is 6.79. The molecule has 112 valence electrons. The molecule has 21 heavy (non-hydrogen) atoms. The van der Waals surface area contributed by atoms with Gasteiger partial charge in [0.2, 0.25) is 0 Å². The second-order valence-electron chi connectivity index (χ2n) is 4.74. The molecule has 0 fully saturated rings. The average Bonchev–Trinajstić information content (AvgIpc) is 2.49. The van der Waals surface area contributed by atoms with Crippen molar-refractivity contribution < 1.29 is 4.74 Å². The van der Waals surface area contributed by atoms with Crippen LogP contribution >= 0.6 is 0 Å². The lowest BCUT2D eigenvalue weighted by Gasteiger charge is -2.09. The van der Waals surface area contributed by atoms with Crippen LogP contribution in [-0.2, 0) is 20.0 Å². The smallest absolute Gasteiger partial charge is 0.316 e. The molecule has 1 aromatic heterocycles. The number of hydrogen-bond acceptors (Lipinski definition) is 4. The van der Waals surface area contributed by atoms with Gasteiger partial charge in [-0.3, -0.25) is 9.59 Å². The van der Waals surface area contributed by atoms with Gasteiger partial charge in [0.15, 0.2) is 0 Å². The Morgan fingerprint density at radius 1 is 1.10 bits per heavy atom. The van der Waals surface area contributed by atoms with Crippen molar-refractivity contribution in [3.63, 3.8) is 0 Å². The predicted molar refractivity (Wildman–Crippen MR) is 80.6 cm³/mol. The van der Waals surface area contributed by atoms with E-state index in [9.17, 15) is 9.59 Å². The number of nitrogens with zero attached hydrogens (tertiary/aromatic N) is 2. The average molecular weight is 289 g/mol. The molecule has 0 amide bonds. The van der Waals surface area contributed by atoms with Crippen molar-refractivity contribution in [2.45, 2.75) is 13.0 Å². The van der Waals surface area contributed by atoms with Gasteiger partial charge in [0.05, 0.1) is 6.54 Å². The van der Waals surface area contributed by atoms with Crippen molar-refractivity contribution in [2.24, 2.45) is 12.8 Å². The highest BCUT2D eigenvalue weighted by molar-refractivity contribution is 5.27. The Balaban J connectivity index is 1.94. The summed E-state index contributed by atoms with van der Waals surface area (Å²) >= 11 is 0. The number of nitrogens with two attached hydrogens (primary N) is 1. The minimum atomic E-state index is -0.540. The van der Waals surface area contributed by atoms with E-state index < -0.39 is 11.1 Å². The van der Waals surface area contributed by atoms with Crippen LogP contribution in [0, 0.1) is 0 Å². The molecule has 0 radical (unpaired) electrons. The molecule has 0 aliphatic heterocycles. The Labute approximate surface area is 122 Å². The molecule has 6 heteroatoms. The Kier molecular flexibility index (Phi) is 4.94. The van der Waals surface area contributed by atoms with Crippen molar-refractivity contribution in [1.29, 1.82) is 0 Å². The Hall–Kier alpha value is -2.34. The van der Waals surface area contributed by atoms with E-state index in [1.807, 2.05) is 24.3 Å². The quantitative estimate of drug-likeness (QED) is 0.767. The van der Waals surface area contributed by atoms with Gasteiger partial charge in [-0.05, 0) is 30.7 Å². The van der Waals surface area contributed by atoms with E-state index in [0.717, 1.165) is 17.7 Å². The first-order chi connectivity index (χ1) is 10.1. The summed E-state index contributed by atoms with van der Waals surface area (Å²) in [5, 5.41) is 0. The molecule has 1 aromatic carbocycles. The molecule has 2 aromatic rings. The lowest BCUT2D eigenvalue weighted by atomic mass is 10.1. The van der Waals surface area contributed by atoms with E-state index in [0.29, 0.717) is 19.7 Å². The lowest BCUT2D eigenvalue weighted by molar-refractivity contribution is 0.295. The molecule has 0 unspecified atom stereocenters. The molecular formula is C15H19N3O3. The van der Waals surface area contributed by atoms with Crippen molar-refractivity contribution in [3.8, 4) is 5.75 Å². The summed E-state index contributed by atoms with van der Waals surface area (Å²) in [4.78, 5) is 23.2. The van der Waals surface area contributed by atoms with Crippen molar-refractivity contribution in [2.75, 3.05) is 13.2 Å². The molecule has 0 spiro atoms. The molecule has 2 N–H and O–H groups in total. The molecule has 1 heterocycles. The highest BCUT2D eigenvalue weighted by Crippen LogP contribution is 2.12. The predicted octanol–water partition coefficient (Wildman–Crippen LogP) is 0.127. The van der Waals surface area contributed by atoms with Crippen LogP contribution in [0.15, 0.2) is 46.2 Å². The minimum Gasteiger partial charge on any atom is -0.492 e. The van der Waals surface area contributed by atoms with Gasteiger partial charge in [-0.1, -0.05) is 12.1 Å². The summed E-state index contributed by atoms with van der Waals surface area (Å²) in [6.45, 7) is 1.27. The third kappa shape index (κ3) is 3.82. The van der Waals surface area contributed by atoms with Crippen LogP contribution in [0.4, 0.5) is 0 Å². The lowest BCUT2D eigenvalue weighted by Crippen LogP contribution is -2.40. The zero-order valence-electron chi connectivity index (χ0n) is 12.0. The van der Waals surface area contributed by atoms with Gasteiger partial charge >= 0.3 is 11.1 Å². The Morgan fingerprint density at radius 2 is 1.81 bits per heavy atom. The summed E-state index contributed by atoms with van der Waals surface area (Å²) in [6.07, 6.45) is 3.98. The van der Waals surface area contributed by atoms with Gasteiger partial charge < -0.3 is 19.6 Å². The summed E-state index contributed by atoms with van der Waals surface area (Å²) in [5.41, 5.74) is 5.57. The van der Waals surface area contributed by atoms with Gasteiger partial charge in [0.25, 0.3) is 0 Å². The zero-order valence-corrected chi connectivity index (χ0v) is 12.0. The monoisotopic (exact) mass is 289 g/mol. The number of benzene rings is 1. The summed E-state index contributed by atoms with van der Waals surface area (Å²) in [5.74, 6) is 0.729. The molecule has 0 aliphatic rings. The fourth-order valence-corrected chi connectivity index (χ4v) is 1.95.